The van der Waals surface area contributed by atoms with Crippen molar-refractivity contribution in [3.05, 3.63) is 124 Å². The summed E-state index contributed by atoms with van der Waals surface area (Å²) in [5.41, 5.74) is 2.27. The number of hydrogen-bond acceptors (Lipinski definition) is 16. The van der Waals surface area contributed by atoms with E-state index in [0.717, 1.165) is 5.56 Å². The van der Waals surface area contributed by atoms with Crippen LogP contribution in [-0.4, -0.2) is 128 Å². The van der Waals surface area contributed by atoms with E-state index in [4.69, 9.17) is 4.42 Å². The predicted molar refractivity (Wildman–Crippen MR) is 250 cm³/mol. The number of phenolic OH excluding ortho intramolecular Hbond substituents is 1. The standard InChI is InChI=1S/C47H59N9O11/c1-48-44(62)36(24-39-49-18-19-50-39)56-45(63)35(20-27-8-4-2-5-9-27)55-42(61)26-53-41(60)25-52-40(59)10-6-3-7-17-51-47(66)54-28-11-14-31(34(21-28)46(64)65)43-32-15-12-29(57)22-37(32)67-38-23-30(58)13-16-33(38)43/h2,4-5,8-9,11-16,18-19,21-23,35-36,40-42,44-45,48,52-53,55-57,59-63H,3,6-7,10,17,20,24-26H2,1H3,(H,49,50)(H,64,65)(H2,51,54,66)/t35-,36-,40-,41+,42-,44-,45+/m0/s1. The number of aromatic nitrogens is 2. The third-order valence-electron chi connectivity index (χ3n) is 11.1. The quantitative estimate of drug-likeness (QED) is 0.0209. The molecule has 20 heteroatoms. The van der Waals surface area contributed by atoms with E-state index in [0.29, 0.717) is 66.5 Å². The number of hydrogen-bond donors (Lipinski definition) is 15. The van der Waals surface area contributed by atoms with Gasteiger partial charge in [-0.1, -0.05) is 42.8 Å². The number of nitrogens with zero attached hydrogens (tertiary/aromatic N) is 1. The molecule has 2 amide bonds. The molecule has 0 unspecified atom stereocenters. The molecule has 0 spiro atoms. The summed E-state index contributed by atoms with van der Waals surface area (Å²) in [5, 5.41) is 94.4. The number of aliphatic hydroxyl groups excluding tert-OH is 5. The van der Waals surface area contributed by atoms with E-state index in [1.807, 2.05) is 30.3 Å². The fourth-order valence-corrected chi connectivity index (χ4v) is 7.70. The number of nitrogens with one attached hydrogen (secondary N) is 8. The normalized spacial score (nSPS) is 14.8. The van der Waals surface area contributed by atoms with Crippen LogP contribution < -0.4 is 42.6 Å². The Kier molecular flexibility index (Phi) is 18.3. The van der Waals surface area contributed by atoms with Gasteiger partial charge in [0.25, 0.3) is 0 Å². The number of anilines is 1. The van der Waals surface area contributed by atoms with Gasteiger partial charge in [0.2, 0.25) is 0 Å². The fourth-order valence-electron chi connectivity index (χ4n) is 7.70. The van der Waals surface area contributed by atoms with Crippen LogP contribution in [-0.2, 0) is 12.8 Å². The number of aliphatic hydroxyl groups is 5. The second kappa shape index (κ2) is 24.5. The lowest BCUT2D eigenvalue weighted by Gasteiger charge is -2.32. The number of carboxylic acids is 1. The van der Waals surface area contributed by atoms with E-state index >= 15 is 0 Å². The van der Waals surface area contributed by atoms with Crippen molar-refractivity contribution in [1.82, 2.24) is 41.9 Å². The third kappa shape index (κ3) is 14.6. The highest BCUT2D eigenvalue weighted by molar-refractivity contribution is 6.08. The molecular weight excluding hydrogens is 867 g/mol. The zero-order valence-electron chi connectivity index (χ0n) is 36.9. The number of rotatable bonds is 26. The Bertz CT molecular complexity index is 2530. The SMILES string of the molecule is CN[C@@H](O)[C@H](Cc1ncc[nH]1)N[C@H](O)[C@H](Cc1ccccc1)N[C@@H](O)CN[C@H](O)CN[C@@H](O)CCCCCNC(=O)Nc1ccc(-c2c3ccc(=O)cc-3oc3cc(O)ccc23)c(C(=O)O)c1. The molecule has 358 valence electrons. The molecule has 4 aromatic rings. The summed E-state index contributed by atoms with van der Waals surface area (Å²) in [6, 6.07) is 20.6. The Morgan fingerprint density at radius 2 is 1.52 bits per heavy atom. The number of aromatic hydroxyl groups is 1. The molecule has 67 heavy (non-hydrogen) atoms. The van der Waals surface area contributed by atoms with Crippen LogP contribution >= 0.6 is 0 Å². The van der Waals surface area contributed by atoms with Gasteiger partial charge < -0.3 is 55.8 Å². The molecule has 6 rings (SSSR count). The summed E-state index contributed by atoms with van der Waals surface area (Å²) in [5.74, 6) is -0.488. The molecule has 0 bridgehead atoms. The molecule has 2 heterocycles. The van der Waals surface area contributed by atoms with Gasteiger partial charge in [-0.3, -0.25) is 31.4 Å². The number of unbranched alkanes of at least 4 members (excludes halogenated alkanes) is 2. The fraction of sp³-hybridized carbons (Fsp3) is 0.362. The van der Waals surface area contributed by atoms with Crippen LogP contribution in [0.5, 0.6) is 5.75 Å². The first-order valence-corrected chi connectivity index (χ1v) is 22.0. The largest absolute Gasteiger partial charge is 0.508 e. The summed E-state index contributed by atoms with van der Waals surface area (Å²) < 4.78 is 5.88. The van der Waals surface area contributed by atoms with Crippen molar-refractivity contribution in [2.75, 3.05) is 32.0 Å². The maximum atomic E-state index is 12.8. The van der Waals surface area contributed by atoms with Gasteiger partial charge >= 0.3 is 12.0 Å². The zero-order chi connectivity index (χ0) is 47.9. The Morgan fingerprint density at radius 3 is 2.27 bits per heavy atom. The van der Waals surface area contributed by atoms with Gasteiger partial charge in [0, 0.05) is 72.8 Å². The molecule has 2 aliphatic rings. The van der Waals surface area contributed by atoms with Crippen LogP contribution in [0.25, 0.3) is 33.4 Å². The molecule has 7 atom stereocenters. The lowest BCUT2D eigenvalue weighted by atomic mass is 9.90. The second-order valence-electron chi connectivity index (χ2n) is 16.1. The summed E-state index contributed by atoms with van der Waals surface area (Å²) in [7, 11) is 1.59. The smallest absolute Gasteiger partial charge is 0.336 e. The van der Waals surface area contributed by atoms with E-state index in [1.165, 1.54) is 30.3 Å². The summed E-state index contributed by atoms with van der Waals surface area (Å²) in [4.78, 5) is 44.6. The van der Waals surface area contributed by atoms with Crippen LogP contribution in [0.2, 0.25) is 0 Å². The molecule has 3 aromatic carbocycles. The highest BCUT2D eigenvalue weighted by Crippen LogP contribution is 2.42. The van der Waals surface area contributed by atoms with Gasteiger partial charge in [-0.05, 0) is 80.3 Å². The molecule has 20 nitrogen and oxygen atoms in total. The van der Waals surface area contributed by atoms with Gasteiger partial charge in [-0.15, -0.1) is 0 Å². The summed E-state index contributed by atoms with van der Waals surface area (Å²) in [6.45, 7) is 0.173. The summed E-state index contributed by atoms with van der Waals surface area (Å²) in [6.07, 6.45) is 0.574. The van der Waals surface area contributed by atoms with Crippen LogP contribution in [0.1, 0.15) is 47.4 Å². The van der Waals surface area contributed by atoms with E-state index < -0.39 is 55.2 Å². The van der Waals surface area contributed by atoms with Gasteiger partial charge in [0.05, 0.1) is 17.6 Å². The number of H-pyrrole nitrogens is 1. The molecular formula is C47H59N9O11. The second-order valence-corrected chi connectivity index (χ2v) is 16.1. The minimum atomic E-state index is -1.25. The first kappa shape index (κ1) is 50.1. The molecule has 0 saturated carbocycles. The first-order valence-electron chi connectivity index (χ1n) is 22.0. The van der Waals surface area contributed by atoms with Crippen molar-refractivity contribution >= 4 is 28.7 Å². The number of benzene rings is 4. The highest BCUT2D eigenvalue weighted by atomic mass is 16.4. The Balaban J connectivity index is 0.906. The van der Waals surface area contributed by atoms with Crippen molar-refractivity contribution in [3.63, 3.8) is 0 Å². The van der Waals surface area contributed by atoms with Crippen LogP contribution in [0, 0.1) is 0 Å². The molecule has 15 N–H and O–H groups in total. The Hall–Kier alpha value is -6.30. The number of phenols is 1. The molecule has 0 radical (unpaired) electrons. The monoisotopic (exact) mass is 925 g/mol. The maximum Gasteiger partial charge on any atom is 0.336 e. The van der Waals surface area contributed by atoms with Crippen molar-refractivity contribution in [3.8, 4) is 28.2 Å². The Morgan fingerprint density at radius 1 is 0.776 bits per heavy atom. The molecule has 0 fully saturated rings. The number of aromatic amines is 1. The van der Waals surface area contributed by atoms with Gasteiger partial charge in [-0.25, -0.2) is 14.6 Å². The number of fused-ring (bicyclic) bond motifs is 2. The van der Waals surface area contributed by atoms with Crippen LogP contribution in [0.4, 0.5) is 10.5 Å². The van der Waals surface area contributed by atoms with Crippen molar-refractivity contribution in [2.45, 2.75) is 81.7 Å². The highest BCUT2D eigenvalue weighted by Gasteiger charge is 2.29. The number of aromatic carboxylic acids is 1. The third-order valence-corrected chi connectivity index (χ3v) is 11.1. The van der Waals surface area contributed by atoms with E-state index in [9.17, 15) is 50.1 Å². The first-order chi connectivity index (χ1) is 32.3. The van der Waals surface area contributed by atoms with Crippen molar-refractivity contribution in [2.24, 2.45) is 0 Å². The Labute approximate surface area is 385 Å². The number of carbonyl (C=O) groups excluding carboxylic acids is 1. The minimum Gasteiger partial charge on any atom is -0.508 e. The average molecular weight is 926 g/mol. The average Bonchev–Trinajstić information content (AvgIpc) is 3.83. The van der Waals surface area contributed by atoms with E-state index in [-0.39, 0.29) is 53.3 Å². The van der Waals surface area contributed by atoms with Crippen molar-refractivity contribution in [1.29, 1.82) is 0 Å². The van der Waals surface area contributed by atoms with Crippen LogP contribution in [0.3, 0.4) is 0 Å². The molecule has 1 aliphatic carbocycles. The van der Waals surface area contributed by atoms with Gasteiger partial charge in [-0.2, -0.15) is 0 Å². The summed E-state index contributed by atoms with van der Waals surface area (Å²) >= 11 is 0. The molecule has 1 aromatic heterocycles. The predicted octanol–water partition coefficient (Wildman–Crippen LogP) is 1.77. The molecule has 1 aliphatic heterocycles. The number of amides is 2. The lowest BCUT2D eigenvalue weighted by molar-refractivity contribution is 0.0104. The topological polar surface area (TPSA) is 319 Å². The number of imidazole rings is 1. The van der Waals surface area contributed by atoms with E-state index in [1.54, 1.807) is 43.7 Å². The van der Waals surface area contributed by atoms with Crippen molar-refractivity contribution < 1.29 is 49.8 Å². The van der Waals surface area contributed by atoms with Gasteiger partial charge in [0.1, 0.15) is 54.1 Å². The molecule has 0 saturated heterocycles. The zero-order valence-corrected chi connectivity index (χ0v) is 36.9. The maximum absolute atomic E-state index is 12.8. The van der Waals surface area contributed by atoms with Crippen LogP contribution in [0.15, 0.2) is 107 Å². The van der Waals surface area contributed by atoms with Gasteiger partial charge in [0.15, 0.2) is 5.43 Å². The lowest BCUT2D eigenvalue weighted by Crippen LogP contribution is -2.60. The minimum absolute atomic E-state index is 0.0324. The number of carboxylic acid groups (broad SMARTS) is 1. The number of urea groups is 1. The number of carbonyl (C=O) groups is 2. The van der Waals surface area contributed by atoms with E-state index in [2.05, 4.69) is 47.2 Å². The number of likely N-dealkylation sites (N-methyl/N-ethyl adjacent to an activating group) is 1.